The highest BCUT2D eigenvalue weighted by Crippen LogP contribution is 2.36. The van der Waals surface area contributed by atoms with Gasteiger partial charge in [-0.15, -0.1) is 0 Å². The highest BCUT2D eigenvalue weighted by molar-refractivity contribution is 9.09. The number of allylic oxidation sites excluding steroid dienone is 2. The van der Waals surface area contributed by atoms with Crippen LogP contribution >= 0.6 is 15.9 Å². The highest BCUT2D eigenvalue weighted by atomic mass is 79.9. The average Bonchev–Trinajstić information content (AvgIpc) is 2.65. The number of alkyl halides is 1. The summed E-state index contributed by atoms with van der Waals surface area (Å²) in [6.45, 7) is 12.7. The van der Waals surface area contributed by atoms with Gasteiger partial charge in [-0.05, 0) is 56.7 Å². The summed E-state index contributed by atoms with van der Waals surface area (Å²) in [6, 6.07) is 0. The van der Waals surface area contributed by atoms with Crippen molar-refractivity contribution < 1.29 is 4.43 Å². The van der Waals surface area contributed by atoms with Crippen molar-refractivity contribution in [1.29, 1.82) is 0 Å². The maximum absolute atomic E-state index is 6.26. The van der Waals surface area contributed by atoms with Crippen LogP contribution in [0.4, 0.5) is 0 Å². The Labute approximate surface area is 194 Å². The molecule has 0 saturated carbocycles. The highest BCUT2D eigenvalue weighted by Gasteiger charge is 2.36. The second-order valence-electron chi connectivity index (χ2n) is 10.3. The van der Waals surface area contributed by atoms with Crippen molar-refractivity contribution >= 4 is 24.2 Å². The summed E-state index contributed by atoms with van der Waals surface area (Å²) in [6.07, 6.45) is 26.8. The molecule has 174 valence electrons. The maximum Gasteiger partial charge on any atom is 0.191 e. The van der Waals surface area contributed by atoms with E-state index >= 15 is 0 Å². The number of halogens is 1. The van der Waals surface area contributed by atoms with Crippen LogP contribution in [0, 0.1) is 0 Å². The van der Waals surface area contributed by atoms with Gasteiger partial charge in [0.05, 0.1) is 0 Å². The fourth-order valence-corrected chi connectivity index (χ4v) is 4.75. The molecule has 0 aliphatic rings. The van der Waals surface area contributed by atoms with Gasteiger partial charge < -0.3 is 4.43 Å². The molecular formula is C26H53BrOSi. The minimum atomic E-state index is -1.52. The van der Waals surface area contributed by atoms with Gasteiger partial charge in [-0.2, -0.15) is 0 Å². The molecule has 0 radical (unpaired) electrons. The van der Waals surface area contributed by atoms with E-state index in [1.54, 1.807) is 0 Å². The molecule has 0 aromatic rings. The third kappa shape index (κ3) is 18.9. The fraction of sp³-hybridized carbons (Fsp3) is 0.923. The molecule has 0 heterocycles. The summed E-state index contributed by atoms with van der Waals surface area (Å²) in [5, 5.41) is 1.51. The lowest BCUT2D eigenvalue weighted by molar-refractivity contribution is 0.277. The Morgan fingerprint density at radius 3 is 1.41 bits per heavy atom. The number of hydrogen-bond donors (Lipinski definition) is 0. The van der Waals surface area contributed by atoms with Crippen LogP contribution in [0.2, 0.25) is 18.1 Å². The molecular weight excluding hydrogens is 436 g/mol. The third-order valence-electron chi connectivity index (χ3n) is 6.46. The van der Waals surface area contributed by atoms with Crippen molar-refractivity contribution in [2.75, 3.05) is 11.9 Å². The van der Waals surface area contributed by atoms with Gasteiger partial charge in [0.25, 0.3) is 0 Å². The van der Waals surface area contributed by atoms with E-state index in [1.165, 1.54) is 108 Å². The summed E-state index contributed by atoms with van der Waals surface area (Å²) < 4.78 is 6.26. The summed E-state index contributed by atoms with van der Waals surface area (Å²) in [5.74, 6) is 0. The van der Waals surface area contributed by atoms with Crippen molar-refractivity contribution in [2.45, 2.75) is 142 Å². The molecule has 0 amide bonds. The summed E-state index contributed by atoms with van der Waals surface area (Å²) >= 11 is 3.50. The molecule has 0 saturated heterocycles. The fourth-order valence-electron chi connectivity index (χ4n) is 3.27. The molecule has 0 N–H and O–H groups in total. The van der Waals surface area contributed by atoms with Crippen molar-refractivity contribution in [3.8, 4) is 0 Å². The van der Waals surface area contributed by atoms with Crippen LogP contribution in [0.1, 0.15) is 124 Å². The standard InChI is InChI=1S/C26H53BrOSi/c1-26(2,3)29(4,5)28-25-23-21-19-17-15-13-11-9-7-6-8-10-12-14-16-18-20-22-24-27/h8,10H,6-7,9,11-25H2,1-5H3/b10-8+. The first-order chi connectivity index (χ1) is 13.8. The minimum absolute atomic E-state index is 0.343. The van der Waals surface area contributed by atoms with Gasteiger partial charge in [0, 0.05) is 11.9 Å². The van der Waals surface area contributed by atoms with Crippen molar-refractivity contribution in [2.24, 2.45) is 0 Å². The van der Waals surface area contributed by atoms with Crippen LogP contribution in [0.25, 0.3) is 0 Å². The normalized spacial score (nSPS) is 12.9. The van der Waals surface area contributed by atoms with Gasteiger partial charge in [0.1, 0.15) is 0 Å². The van der Waals surface area contributed by atoms with E-state index in [0.29, 0.717) is 5.04 Å². The number of hydrogen-bond acceptors (Lipinski definition) is 1. The molecule has 0 aliphatic carbocycles. The molecule has 0 spiro atoms. The number of unbranched alkanes of at least 4 members (excludes halogenated alkanes) is 14. The van der Waals surface area contributed by atoms with E-state index < -0.39 is 8.32 Å². The van der Waals surface area contributed by atoms with Gasteiger partial charge >= 0.3 is 0 Å². The van der Waals surface area contributed by atoms with Gasteiger partial charge in [0.15, 0.2) is 8.32 Å². The summed E-state index contributed by atoms with van der Waals surface area (Å²) in [5.41, 5.74) is 0. The Morgan fingerprint density at radius 1 is 0.621 bits per heavy atom. The zero-order valence-corrected chi connectivity index (χ0v) is 23.3. The predicted molar refractivity (Wildman–Crippen MR) is 140 cm³/mol. The minimum Gasteiger partial charge on any atom is -0.417 e. The molecule has 3 heteroatoms. The van der Waals surface area contributed by atoms with Crippen LogP contribution in [-0.2, 0) is 4.43 Å². The van der Waals surface area contributed by atoms with Crippen LogP contribution < -0.4 is 0 Å². The van der Waals surface area contributed by atoms with Crippen molar-refractivity contribution in [1.82, 2.24) is 0 Å². The molecule has 0 atom stereocenters. The second-order valence-corrected chi connectivity index (χ2v) is 15.9. The zero-order chi connectivity index (χ0) is 21.8. The lowest BCUT2D eigenvalue weighted by Gasteiger charge is -2.36. The first-order valence-corrected chi connectivity index (χ1v) is 16.7. The quantitative estimate of drug-likeness (QED) is 0.0715. The van der Waals surface area contributed by atoms with Gasteiger partial charge in [-0.1, -0.05) is 113 Å². The van der Waals surface area contributed by atoms with Crippen LogP contribution in [0.5, 0.6) is 0 Å². The largest absolute Gasteiger partial charge is 0.417 e. The van der Waals surface area contributed by atoms with E-state index in [0.717, 1.165) is 6.61 Å². The molecule has 0 rings (SSSR count). The molecule has 0 unspecified atom stereocenters. The van der Waals surface area contributed by atoms with Crippen LogP contribution in [-0.4, -0.2) is 20.3 Å². The lowest BCUT2D eigenvalue weighted by atomic mass is 10.1. The predicted octanol–water partition coefficient (Wildman–Crippen LogP) is 10.2. The third-order valence-corrected chi connectivity index (χ3v) is 11.6. The molecule has 0 aliphatic heterocycles. The van der Waals surface area contributed by atoms with Crippen LogP contribution in [0.15, 0.2) is 12.2 Å². The van der Waals surface area contributed by atoms with E-state index in [-0.39, 0.29) is 0 Å². The molecule has 0 bridgehead atoms. The Bertz CT molecular complexity index is 373. The first kappa shape index (κ1) is 29.4. The van der Waals surface area contributed by atoms with Crippen molar-refractivity contribution in [3.63, 3.8) is 0 Å². The summed E-state index contributed by atoms with van der Waals surface area (Å²) in [4.78, 5) is 0. The molecule has 0 aromatic carbocycles. The monoisotopic (exact) mass is 488 g/mol. The Hall–Kier alpha value is 0.397. The zero-order valence-electron chi connectivity index (χ0n) is 20.7. The van der Waals surface area contributed by atoms with E-state index in [2.05, 4.69) is 61.9 Å². The smallest absolute Gasteiger partial charge is 0.191 e. The van der Waals surface area contributed by atoms with Crippen LogP contribution in [0.3, 0.4) is 0 Å². The Balaban J connectivity index is 3.25. The molecule has 0 aromatic heterocycles. The Morgan fingerprint density at radius 2 is 1.00 bits per heavy atom. The number of rotatable bonds is 20. The van der Waals surface area contributed by atoms with Gasteiger partial charge in [-0.25, -0.2) is 0 Å². The maximum atomic E-state index is 6.26. The molecule has 1 nitrogen and oxygen atoms in total. The van der Waals surface area contributed by atoms with E-state index in [1.807, 2.05) is 0 Å². The Kier molecular flexibility index (Phi) is 19.4. The lowest BCUT2D eigenvalue weighted by Crippen LogP contribution is -2.40. The average molecular weight is 490 g/mol. The van der Waals surface area contributed by atoms with Gasteiger partial charge in [-0.3, -0.25) is 0 Å². The molecule has 0 fully saturated rings. The second kappa shape index (κ2) is 19.1. The topological polar surface area (TPSA) is 9.23 Å². The van der Waals surface area contributed by atoms with E-state index in [9.17, 15) is 0 Å². The summed E-state index contributed by atoms with van der Waals surface area (Å²) in [7, 11) is -1.52. The first-order valence-electron chi connectivity index (χ1n) is 12.7. The SMILES string of the molecule is CC(C)(C)[Si](C)(C)OCCCCCCCCCCC/C=C/CCCCCCCBr. The van der Waals surface area contributed by atoms with Gasteiger partial charge in [0.2, 0.25) is 0 Å². The van der Waals surface area contributed by atoms with E-state index in [4.69, 9.17) is 4.43 Å². The molecule has 29 heavy (non-hydrogen) atoms. The van der Waals surface area contributed by atoms with Crippen molar-refractivity contribution in [3.05, 3.63) is 12.2 Å².